The topological polar surface area (TPSA) is 125 Å². The highest BCUT2D eigenvalue weighted by molar-refractivity contribution is 7.74. The van der Waals surface area contributed by atoms with Crippen molar-refractivity contribution in [1.82, 2.24) is 0 Å². The molecule has 0 heterocycles. The van der Waals surface area contributed by atoms with E-state index in [0.29, 0.717) is 13.0 Å². The zero-order chi connectivity index (χ0) is 14.5. The number of hydrogen-bond acceptors (Lipinski definition) is 5. The van der Waals surface area contributed by atoms with Gasteiger partial charge < -0.3 is 17.2 Å². The van der Waals surface area contributed by atoms with Gasteiger partial charge in [0, 0.05) is 12.0 Å². The smallest absolute Gasteiger partial charge is 0.301 e. The lowest BCUT2D eigenvalue weighted by Gasteiger charge is -2.29. The molecule has 0 saturated heterocycles. The summed E-state index contributed by atoms with van der Waals surface area (Å²) in [6.45, 7) is 2.51. The van der Waals surface area contributed by atoms with E-state index < -0.39 is 17.5 Å². The molecule has 2 atom stereocenters. The summed E-state index contributed by atoms with van der Waals surface area (Å²) < 4.78 is 23.7. The minimum Gasteiger partial charge on any atom is -0.330 e. The molecule has 1 rings (SSSR count). The van der Waals surface area contributed by atoms with Gasteiger partial charge in [-0.2, -0.15) is 4.21 Å². The Labute approximate surface area is 115 Å². The van der Waals surface area contributed by atoms with Crippen molar-refractivity contribution < 1.29 is 12.9 Å². The van der Waals surface area contributed by atoms with Gasteiger partial charge in [0.25, 0.3) is 0 Å². The van der Waals surface area contributed by atoms with Crippen molar-refractivity contribution in [3.8, 4) is 0 Å². The molecule has 0 radical (unpaired) electrons. The fourth-order valence-electron chi connectivity index (χ4n) is 1.82. The lowest BCUT2D eigenvalue weighted by atomic mass is 9.79. The Kier molecular flexibility index (Phi) is 6.05. The van der Waals surface area contributed by atoms with Crippen LogP contribution in [0.4, 0.5) is 0 Å². The highest BCUT2D eigenvalue weighted by Gasteiger charge is 2.25. The van der Waals surface area contributed by atoms with Crippen molar-refractivity contribution in [2.75, 3.05) is 13.2 Å². The molecule has 0 aliphatic heterocycles. The van der Waals surface area contributed by atoms with Crippen LogP contribution in [0.15, 0.2) is 24.3 Å². The SMILES string of the molecule is CC(CN)(CCOS(=O)O)c1cccc(C(N)N)c1. The molecule has 6 nitrogen and oxygen atoms in total. The van der Waals surface area contributed by atoms with Crippen LogP contribution >= 0.6 is 0 Å². The third-order valence-corrected chi connectivity index (χ3v) is 3.63. The molecule has 0 bridgehead atoms. The van der Waals surface area contributed by atoms with E-state index in [9.17, 15) is 4.21 Å². The molecule has 7 heteroatoms. The molecule has 1 aromatic carbocycles. The van der Waals surface area contributed by atoms with Crippen molar-refractivity contribution in [2.24, 2.45) is 17.2 Å². The van der Waals surface area contributed by atoms with Gasteiger partial charge >= 0.3 is 11.4 Å². The molecular weight excluding hydrogens is 266 g/mol. The van der Waals surface area contributed by atoms with Gasteiger partial charge in [-0.25, -0.2) is 0 Å². The standard InChI is InChI=1S/C12H21N3O3S/c1-12(8-13,5-6-18-19(16)17)10-4-2-3-9(7-10)11(14)15/h2-4,7,11H,5-6,8,13-15H2,1H3,(H,16,17). The lowest BCUT2D eigenvalue weighted by Crippen LogP contribution is -2.33. The zero-order valence-electron chi connectivity index (χ0n) is 10.9. The molecule has 108 valence electrons. The quantitative estimate of drug-likeness (QED) is 0.424. The van der Waals surface area contributed by atoms with E-state index >= 15 is 0 Å². The first-order valence-corrected chi connectivity index (χ1v) is 6.98. The van der Waals surface area contributed by atoms with Crippen molar-refractivity contribution in [1.29, 1.82) is 0 Å². The largest absolute Gasteiger partial charge is 0.330 e. The lowest BCUT2D eigenvalue weighted by molar-refractivity contribution is 0.264. The van der Waals surface area contributed by atoms with Gasteiger partial charge in [-0.3, -0.25) is 8.74 Å². The van der Waals surface area contributed by atoms with E-state index in [-0.39, 0.29) is 12.0 Å². The molecule has 0 fully saturated rings. The second-order valence-corrected chi connectivity index (χ2v) is 5.38. The summed E-state index contributed by atoms with van der Waals surface area (Å²) >= 11 is -2.25. The van der Waals surface area contributed by atoms with Gasteiger partial charge in [0.1, 0.15) is 0 Å². The third kappa shape index (κ3) is 4.64. The van der Waals surface area contributed by atoms with Gasteiger partial charge in [0.15, 0.2) is 0 Å². The second kappa shape index (κ2) is 7.09. The van der Waals surface area contributed by atoms with Gasteiger partial charge in [-0.15, -0.1) is 0 Å². The summed E-state index contributed by atoms with van der Waals surface area (Å²) in [5.74, 6) is 0. The minimum atomic E-state index is -2.25. The van der Waals surface area contributed by atoms with Crippen LogP contribution in [-0.4, -0.2) is 21.9 Å². The maximum absolute atomic E-state index is 10.5. The molecule has 2 unspecified atom stereocenters. The maximum atomic E-state index is 10.5. The van der Waals surface area contributed by atoms with Crippen LogP contribution in [0.1, 0.15) is 30.6 Å². The Bertz CT molecular complexity index is 442. The van der Waals surface area contributed by atoms with Crippen molar-refractivity contribution >= 4 is 11.4 Å². The van der Waals surface area contributed by atoms with Crippen LogP contribution in [0, 0.1) is 0 Å². The number of nitrogens with two attached hydrogens (primary N) is 3. The molecule has 1 aromatic rings. The van der Waals surface area contributed by atoms with Gasteiger partial charge in [-0.05, 0) is 17.5 Å². The first-order chi connectivity index (χ1) is 8.89. The second-order valence-electron chi connectivity index (χ2n) is 4.71. The molecule has 0 aliphatic rings. The van der Waals surface area contributed by atoms with E-state index in [0.717, 1.165) is 11.1 Å². The van der Waals surface area contributed by atoms with Crippen LogP contribution in [-0.2, 0) is 21.0 Å². The summed E-state index contributed by atoms with van der Waals surface area (Å²) in [4.78, 5) is 0. The van der Waals surface area contributed by atoms with E-state index in [4.69, 9.17) is 21.8 Å². The zero-order valence-corrected chi connectivity index (χ0v) is 11.7. The fraction of sp³-hybridized carbons (Fsp3) is 0.500. The van der Waals surface area contributed by atoms with Crippen molar-refractivity contribution in [3.05, 3.63) is 35.4 Å². The molecule has 0 aromatic heterocycles. The van der Waals surface area contributed by atoms with E-state index in [1.807, 2.05) is 31.2 Å². The van der Waals surface area contributed by atoms with E-state index in [1.54, 1.807) is 0 Å². The Morgan fingerprint density at radius 3 is 2.68 bits per heavy atom. The minimum absolute atomic E-state index is 0.149. The maximum Gasteiger partial charge on any atom is 0.301 e. The van der Waals surface area contributed by atoms with Crippen LogP contribution < -0.4 is 17.2 Å². The summed E-state index contributed by atoms with van der Waals surface area (Å²) in [6.07, 6.45) is -0.0119. The fourth-order valence-corrected chi connectivity index (χ4v) is 2.05. The highest BCUT2D eigenvalue weighted by atomic mass is 32.2. The monoisotopic (exact) mass is 287 g/mol. The van der Waals surface area contributed by atoms with Gasteiger partial charge in [-0.1, -0.05) is 31.2 Å². The average Bonchev–Trinajstić information content (AvgIpc) is 2.38. The normalized spacial score (nSPS) is 16.3. The number of benzene rings is 1. The van der Waals surface area contributed by atoms with E-state index in [2.05, 4.69) is 4.18 Å². The molecule has 0 saturated carbocycles. The summed E-state index contributed by atoms with van der Waals surface area (Å²) in [6, 6.07) is 7.57. The van der Waals surface area contributed by atoms with Gasteiger partial charge in [0.2, 0.25) is 0 Å². The highest BCUT2D eigenvalue weighted by Crippen LogP contribution is 2.28. The van der Waals surface area contributed by atoms with Crippen LogP contribution in [0.5, 0.6) is 0 Å². The van der Waals surface area contributed by atoms with Crippen LogP contribution in [0.2, 0.25) is 0 Å². The summed E-state index contributed by atoms with van der Waals surface area (Å²) in [7, 11) is 0. The Morgan fingerprint density at radius 1 is 1.47 bits per heavy atom. The van der Waals surface area contributed by atoms with Crippen LogP contribution in [0.3, 0.4) is 0 Å². The average molecular weight is 287 g/mol. The first-order valence-electron chi connectivity index (χ1n) is 5.95. The molecule has 0 amide bonds. The molecule has 0 spiro atoms. The molecule has 7 N–H and O–H groups in total. The molecule has 19 heavy (non-hydrogen) atoms. The number of rotatable bonds is 7. The summed E-state index contributed by atoms with van der Waals surface area (Å²) in [5, 5.41) is 0. The van der Waals surface area contributed by atoms with Crippen molar-refractivity contribution in [3.63, 3.8) is 0 Å². The Balaban J connectivity index is 2.87. The first kappa shape index (κ1) is 16.2. The Morgan fingerprint density at radius 2 is 2.16 bits per heavy atom. The predicted molar refractivity (Wildman–Crippen MR) is 75.3 cm³/mol. The summed E-state index contributed by atoms with van der Waals surface area (Å²) in [5.41, 5.74) is 18.6. The van der Waals surface area contributed by atoms with Crippen molar-refractivity contribution in [2.45, 2.75) is 24.9 Å². The predicted octanol–water partition coefficient (Wildman–Crippen LogP) is 0.362. The Hall–Kier alpha value is -0.830. The molecular formula is C12H21N3O3S. The number of hydrogen-bond donors (Lipinski definition) is 4. The van der Waals surface area contributed by atoms with Crippen LogP contribution in [0.25, 0.3) is 0 Å². The van der Waals surface area contributed by atoms with Gasteiger partial charge in [0.05, 0.1) is 12.8 Å². The van der Waals surface area contributed by atoms with E-state index in [1.165, 1.54) is 0 Å². The third-order valence-electron chi connectivity index (χ3n) is 3.26. The molecule has 0 aliphatic carbocycles.